The minimum absolute atomic E-state index is 0.124. The zero-order valence-corrected chi connectivity index (χ0v) is 25.8. The van der Waals surface area contributed by atoms with Crippen LogP contribution in [0.3, 0.4) is 0 Å². The van der Waals surface area contributed by atoms with Crippen molar-refractivity contribution in [1.29, 1.82) is 0 Å². The molecule has 0 aliphatic carbocycles. The molecular weight excluding hydrogens is 590 g/mol. The van der Waals surface area contributed by atoms with Crippen LogP contribution in [0.4, 0.5) is 5.69 Å². The van der Waals surface area contributed by atoms with Crippen LogP contribution in [0.25, 0.3) is 22.4 Å². The Labute approximate surface area is 266 Å². The van der Waals surface area contributed by atoms with Crippen LogP contribution in [0.2, 0.25) is 5.02 Å². The second-order valence-electron chi connectivity index (χ2n) is 11.0. The van der Waals surface area contributed by atoms with Crippen LogP contribution in [0.15, 0.2) is 91.5 Å². The topological polar surface area (TPSA) is 115 Å². The van der Waals surface area contributed by atoms with E-state index in [0.717, 1.165) is 40.1 Å². The van der Waals surface area contributed by atoms with Crippen molar-refractivity contribution in [1.82, 2.24) is 30.0 Å². The number of carbonyl (C=O) groups is 2. The van der Waals surface area contributed by atoms with E-state index in [2.05, 4.69) is 38.2 Å². The van der Waals surface area contributed by atoms with Gasteiger partial charge in [0.25, 0.3) is 5.91 Å². The third-order valence-corrected chi connectivity index (χ3v) is 8.32. The van der Waals surface area contributed by atoms with Crippen molar-refractivity contribution in [2.24, 2.45) is 14.1 Å². The van der Waals surface area contributed by atoms with Crippen molar-refractivity contribution in [3.63, 3.8) is 0 Å². The number of imidazole rings is 1. The van der Waals surface area contributed by atoms with E-state index < -0.39 is 11.9 Å². The summed E-state index contributed by atoms with van der Waals surface area (Å²) >= 11 is 6.69. The molecule has 0 spiro atoms. The van der Waals surface area contributed by atoms with Gasteiger partial charge in [-0.15, -0.1) is 0 Å². The third-order valence-electron chi connectivity index (χ3n) is 7.95. The van der Waals surface area contributed by atoms with Gasteiger partial charge < -0.3 is 25.3 Å². The fourth-order valence-corrected chi connectivity index (χ4v) is 5.67. The lowest BCUT2D eigenvalue weighted by Gasteiger charge is -2.24. The molecule has 230 valence electrons. The monoisotopic (exact) mass is 623 g/mol. The maximum absolute atomic E-state index is 13.7. The van der Waals surface area contributed by atoms with Crippen molar-refractivity contribution in [3.05, 3.63) is 113 Å². The number of aryl methyl sites for hydroxylation is 2. The Morgan fingerprint density at radius 3 is 2.56 bits per heavy atom. The van der Waals surface area contributed by atoms with Gasteiger partial charge in [0.15, 0.2) is 0 Å². The molecule has 2 aromatic heterocycles. The molecule has 5 aromatic rings. The molecule has 3 N–H and O–H groups in total. The predicted octanol–water partition coefficient (Wildman–Crippen LogP) is 4.78. The number of hydrogen-bond donors (Lipinski definition) is 3. The lowest BCUT2D eigenvalue weighted by atomic mass is 9.96. The molecule has 2 amide bonds. The van der Waals surface area contributed by atoms with Gasteiger partial charge in [-0.05, 0) is 64.2 Å². The van der Waals surface area contributed by atoms with E-state index in [1.165, 1.54) is 10.9 Å². The maximum atomic E-state index is 13.7. The van der Waals surface area contributed by atoms with Crippen molar-refractivity contribution >= 4 is 29.1 Å². The normalized spacial score (nSPS) is 15.4. The van der Waals surface area contributed by atoms with Crippen LogP contribution < -0.4 is 16.0 Å². The number of halogens is 1. The number of hydrogen-bond acceptors (Lipinski definition) is 6. The molecule has 3 heterocycles. The fraction of sp³-hybridized carbons (Fsp3) is 0.235. The Morgan fingerprint density at radius 1 is 1.04 bits per heavy atom. The van der Waals surface area contributed by atoms with E-state index in [1.54, 1.807) is 25.6 Å². The number of aromatic nitrogens is 4. The molecule has 3 aromatic carbocycles. The molecule has 0 saturated carbocycles. The molecule has 1 fully saturated rings. The Balaban J connectivity index is 1.25. The highest BCUT2D eigenvalue weighted by atomic mass is 35.5. The van der Waals surface area contributed by atoms with Crippen LogP contribution in [0, 0.1) is 0 Å². The zero-order chi connectivity index (χ0) is 31.3. The quantitative estimate of drug-likeness (QED) is 0.218. The Kier molecular flexibility index (Phi) is 9.06. The van der Waals surface area contributed by atoms with E-state index in [9.17, 15) is 9.59 Å². The second-order valence-corrected chi connectivity index (χ2v) is 11.4. The summed E-state index contributed by atoms with van der Waals surface area (Å²) in [5.74, 6) is -0.783. The first kappa shape index (κ1) is 30.3. The molecule has 0 radical (unpaired) electrons. The van der Waals surface area contributed by atoms with Gasteiger partial charge in [-0.2, -0.15) is 5.10 Å². The molecule has 1 aliphatic rings. The van der Waals surface area contributed by atoms with Gasteiger partial charge >= 0.3 is 0 Å². The number of rotatable bonds is 9. The van der Waals surface area contributed by atoms with Crippen LogP contribution >= 0.6 is 11.6 Å². The summed E-state index contributed by atoms with van der Waals surface area (Å²) in [4.78, 5) is 31.2. The molecule has 0 unspecified atom stereocenters. The lowest BCUT2D eigenvalue weighted by Crippen LogP contribution is -2.45. The van der Waals surface area contributed by atoms with Crippen molar-refractivity contribution in [3.8, 4) is 22.4 Å². The average molecular weight is 624 g/mol. The summed E-state index contributed by atoms with van der Waals surface area (Å²) in [5.41, 5.74) is 6.70. The van der Waals surface area contributed by atoms with Crippen LogP contribution in [0.5, 0.6) is 0 Å². The van der Waals surface area contributed by atoms with Gasteiger partial charge in [-0.1, -0.05) is 48.0 Å². The highest BCUT2D eigenvalue weighted by Crippen LogP contribution is 2.29. The minimum Gasteiger partial charge on any atom is -0.378 e. The summed E-state index contributed by atoms with van der Waals surface area (Å²) in [6.07, 6.45) is 5.23. The standard InChI is InChI=1S/C34H34ClN7O3/c1-41-21-36-19-32(41)22-6-9-27(10-7-22)39-33(43)29(40-34(44)31-12-13-38-42(31)2)18-26-17-24(8-11-28(26)35)23-4-3-5-25(16-23)30-20-45-15-14-37-30/h3-13,16-17,19,21,29-30,37H,14-15,18,20H2,1-2H3,(H,39,43)(H,40,44)/t29-,30-/m0/s1. The Hall–Kier alpha value is -4.77. The summed E-state index contributed by atoms with van der Waals surface area (Å²) in [7, 11) is 3.60. The summed E-state index contributed by atoms with van der Waals surface area (Å²) in [6.45, 7) is 2.14. The van der Waals surface area contributed by atoms with E-state index in [-0.39, 0.29) is 18.4 Å². The SMILES string of the molecule is Cn1cncc1-c1ccc(NC(=O)[C@H](Cc2cc(-c3cccc([C@@H]4COCCN4)c3)ccc2Cl)NC(=O)c2ccnn2C)cc1. The molecule has 11 heteroatoms. The largest absolute Gasteiger partial charge is 0.378 e. The number of benzene rings is 3. The second kappa shape index (κ2) is 13.5. The number of nitrogens with one attached hydrogen (secondary N) is 3. The minimum atomic E-state index is -0.924. The molecule has 6 rings (SSSR count). The Morgan fingerprint density at radius 2 is 1.84 bits per heavy atom. The van der Waals surface area contributed by atoms with Crippen molar-refractivity contribution in [2.75, 3.05) is 25.1 Å². The molecule has 2 atom stereocenters. The smallest absolute Gasteiger partial charge is 0.270 e. The van der Waals surface area contributed by atoms with Gasteiger partial charge in [0.2, 0.25) is 5.91 Å². The third kappa shape index (κ3) is 6.99. The maximum Gasteiger partial charge on any atom is 0.270 e. The fourth-order valence-electron chi connectivity index (χ4n) is 5.47. The van der Waals surface area contributed by atoms with Crippen LogP contribution in [0.1, 0.15) is 27.7 Å². The molecule has 1 aliphatic heterocycles. The van der Waals surface area contributed by atoms with Crippen molar-refractivity contribution < 1.29 is 14.3 Å². The molecule has 45 heavy (non-hydrogen) atoms. The van der Waals surface area contributed by atoms with Crippen LogP contribution in [-0.4, -0.2) is 56.9 Å². The zero-order valence-electron chi connectivity index (χ0n) is 25.0. The van der Waals surface area contributed by atoms with Gasteiger partial charge in [0.05, 0.1) is 37.5 Å². The first-order chi connectivity index (χ1) is 21.9. The molecule has 1 saturated heterocycles. The lowest BCUT2D eigenvalue weighted by molar-refractivity contribution is -0.118. The number of ether oxygens (including phenoxy) is 1. The highest BCUT2D eigenvalue weighted by Gasteiger charge is 2.25. The van der Waals surface area contributed by atoms with E-state index >= 15 is 0 Å². The van der Waals surface area contributed by atoms with Gasteiger partial charge in [0, 0.05) is 44.0 Å². The van der Waals surface area contributed by atoms with Gasteiger partial charge in [-0.25, -0.2) is 4.98 Å². The molecule has 10 nitrogen and oxygen atoms in total. The van der Waals surface area contributed by atoms with E-state index in [1.807, 2.05) is 66.2 Å². The summed E-state index contributed by atoms with van der Waals surface area (Å²) in [5, 5.41) is 14.0. The number of amides is 2. The first-order valence-electron chi connectivity index (χ1n) is 14.7. The summed E-state index contributed by atoms with van der Waals surface area (Å²) in [6, 6.07) is 22.4. The van der Waals surface area contributed by atoms with Crippen LogP contribution in [-0.2, 0) is 30.0 Å². The number of nitrogens with zero attached hydrogens (tertiary/aromatic N) is 4. The average Bonchev–Trinajstić information content (AvgIpc) is 3.70. The van der Waals surface area contributed by atoms with Gasteiger partial charge in [-0.3, -0.25) is 14.3 Å². The molecular formula is C34H34ClN7O3. The summed E-state index contributed by atoms with van der Waals surface area (Å²) < 4.78 is 9.05. The molecule has 0 bridgehead atoms. The number of carbonyl (C=O) groups excluding carboxylic acids is 2. The van der Waals surface area contributed by atoms with Gasteiger partial charge in [0.1, 0.15) is 11.7 Å². The number of anilines is 1. The highest BCUT2D eigenvalue weighted by molar-refractivity contribution is 6.31. The predicted molar refractivity (Wildman–Crippen MR) is 174 cm³/mol. The number of morpholine rings is 1. The van der Waals surface area contributed by atoms with E-state index in [0.29, 0.717) is 29.6 Å². The van der Waals surface area contributed by atoms with Crippen molar-refractivity contribution in [2.45, 2.75) is 18.5 Å². The first-order valence-corrected chi connectivity index (χ1v) is 15.1. The Bertz CT molecular complexity index is 1810. The van der Waals surface area contributed by atoms with E-state index in [4.69, 9.17) is 16.3 Å².